The van der Waals surface area contributed by atoms with Gasteiger partial charge in [0.25, 0.3) is 0 Å². The Bertz CT molecular complexity index is 389. The van der Waals surface area contributed by atoms with Crippen LogP contribution in [-0.2, 0) is 11.3 Å². The average molecular weight is 266 g/mol. The van der Waals surface area contributed by atoms with E-state index in [1.165, 1.54) is 22.6 Å². The SMILES string of the molecule is Cc1ccc(CNC[C@@H]2CN(C3CC3)CCO2)s1. The molecule has 2 aliphatic rings. The maximum Gasteiger partial charge on any atom is 0.0826 e. The fraction of sp³-hybridized carbons (Fsp3) is 0.714. The van der Waals surface area contributed by atoms with Gasteiger partial charge in [0, 0.05) is 42.0 Å². The fourth-order valence-corrected chi connectivity index (χ4v) is 3.43. The van der Waals surface area contributed by atoms with Crippen LogP contribution >= 0.6 is 11.3 Å². The molecule has 3 rings (SSSR count). The van der Waals surface area contributed by atoms with Crippen LogP contribution in [0.2, 0.25) is 0 Å². The van der Waals surface area contributed by atoms with Crippen molar-refractivity contribution in [2.45, 2.75) is 38.5 Å². The van der Waals surface area contributed by atoms with Crippen molar-refractivity contribution in [2.75, 3.05) is 26.2 Å². The van der Waals surface area contributed by atoms with Crippen LogP contribution in [0.3, 0.4) is 0 Å². The van der Waals surface area contributed by atoms with E-state index < -0.39 is 0 Å². The Kier molecular flexibility index (Phi) is 3.99. The minimum atomic E-state index is 0.375. The van der Waals surface area contributed by atoms with Crippen LogP contribution in [0.15, 0.2) is 12.1 Å². The molecule has 1 atom stereocenters. The molecule has 0 amide bonds. The number of aryl methyl sites for hydroxylation is 1. The zero-order chi connectivity index (χ0) is 12.4. The zero-order valence-corrected chi connectivity index (χ0v) is 11.8. The van der Waals surface area contributed by atoms with Crippen molar-refractivity contribution in [1.29, 1.82) is 0 Å². The maximum absolute atomic E-state index is 5.83. The minimum Gasteiger partial charge on any atom is -0.374 e. The summed E-state index contributed by atoms with van der Waals surface area (Å²) < 4.78 is 5.83. The molecule has 1 aliphatic carbocycles. The lowest BCUT2D eigenvalue weighted by Crippen LogP contribution is -2.47. The Morgan fingerprint density at radius 1 is 1.44 bits per heavy atom. The van der Waals surface area contributed by atoms with Crippen molar-refractivity contribution >= 4 is 11.3 Å². The summed E-state index contributed by atoms with van der Waals surface area (Å²) in [4.78, 5) is 5.41. The van der Waals surface area contributed by atoms with Crippen LogP contribution in [0, 0.1) is 6.92 Å². The first kappa shape index (κ1) is 12.6. The molecule has 2 fully saturated rings. The molecule has 1 N–H and O–H groups in total. The highest BCUT2D eigenvalue weighted by molar-refractivity contribution is 7.11. The standard InChI is InChI=1S/C14H22N2OS/c1-11-2-5-14(18-11)9-15-8-13-10-16(6-7-17-13)12-3-4-12/h2,5,12-13,15H,3-4,6-10H2,1H3/t13-/m1/s1. The Labute approximate surface area is 113 Å². The molecule has 0 unspecified atom stereocenters. The summed E-state index contributed by atoms with van der Waals surface area (Å²) in [5.41, 5.74) is 0. The maximum atomic E-state index is 5.83. The predicted molar refractivity (Wildman–Crippen MR) is 75.1 cm³/mol. The molecule has 1 saturated carbocycles. The van der Waals surface area contributed by atoms with Gasteiger partial charge in [0.05, 0.1) is 12.7 Å². The highest BCUT2D eigenvalue weighted by atomic mass is 32.1. The third-order valence-corrected chi connectivity index (χ3v) is 4.70. The smallest absolute Gasteiger partial charge is 0.0826 e. The van der Waals surface area contributed by atoms with E-state index in [9.17, 15) is 0 Å². The predicted octanol–water partition coefficient (Wildman–Crippen LogP) is 2.01. The van der Waals surface area contributed by atoms with E-state index in [-0.39, 0.29) is 0 Å². The first-order valence-electron chi connectivity index (χ1n) is 6.93. The van der Waals surface area contributed by atoms with Gasteiger partial charge in [-0.1, -0.05) is 0 Å². The van der Waals surface area contributed by atoms with Gasteiger partial charge < -0.3 is 10.1 Å². The summed E-state index contributed by atoms with van der Waals surface area (Å²) in [6, 6.07) is 5.27. The highest BCUT2D eigenvalue weighted by Gasteiger charge is 2.32. The van der Waals surface area contributed by atoms with Crippen LogP contribution in [0.1, 0.15) is 22.6 Å². The molecule has 0 aromatic carbocycles. The molecule has 0 bridgehead atoms. The topological polar surface area (TPSA) is 24.5 Å². The van der Waals surface area contributed by atoms with Gasteiger partial charge >= 0.3 is 0 Å². The van der Waals surface area contributed by atoms with Crippen molar-refractivity contribution < 1.29 is 4.74 Å². The summed E-state index contributed by atoms with van der Waals surface area (Å²) >= 11 is 1.88. The van der Waals surface area contributed by atoms with Gasteiger partial charge in [-0.3, -0.25) is 4.90 Å². The molecule has 0 spiro atoms. The van der Waals surface area contributed by atoms with Crippen molar-refractivity contribution in [3.05, 3.63) is 21.9 Å². The third-order valence-electron chi connectivity index (χ3n) is 3.70. The number of nitrogens with zero attached hydrogens (tertiary/aromatic N) is 1. The van der Waals surface area contributed by atoms with Crippen LogP contribution in [0.5, 0.6) is 0 Å². The second-order valence-electron chi connectivity index (χ2n) is 5.36. The van der Waals surface area contributed by atoms with E-state index in [4.69, 9.17) is 4.74 Å². The van der Waals surface area contributed by atoms with Crippen molar-refractivity contribution in [1.82, 2.24) is 10.2 Å². The molecule has 1 aliphatic heterocycles. The van der Waals surface area contributed by atoms with Crippen LogP contribution < -0.4 is 5.32 Å². The van der Waals surface area contributed by atoms with Crippen molar-refractivity contribution in [3.8, 4) is 0 Å². The summed E-state index contributed by atoms with van der Waals surface area (Å²) in [6.07, 6.45) is 3.17. The molecular weight excluding hydrogens is 244 g/mol. The minimum absolute atomic E-state index is 0.375. The van der Waals surface area contributed by atoms with Gasteiger partial charge in [0.2, 0.25) is 0 Å². The summed E-state index contributed by atoms with van der Waals surface area (Å²) in [5, 5.41) is 3.52. The average Bonchev–Trinajstić information content (AvgIpc) is 3.14. The number of hydrogen-bond donors (Lipinski definition) is 1. The van der Waals surface area contributed by atoms with Gasteiger partial charge in [0.15, 0.2) is 0 Å². The van der Waals surface area contributed by atoms with Crippen LogP contribution in [0.4, 0.5) is 0 Å². The largest absolute Gasteiger partial charge is 0.374 e. The molecule has 2 heterocycles. The lowest BCUT2D eigenvalue weighted by atomic mass is 10.2. The molecule has 0 radical (unpaired) electrons. The van der Waals surface area contributed by atoms with E-state index in [0.717, 1.165) is 38.8 Å². The second kappa shape index (κ2) is 5.70. The van der Waals surface area contributed by atoms with Gasteiger partial charge in [-0.25, -0.2) is 0 Å². The number of hydrogen-bond acceptors (Lipinski definition) is 4. The highest BCUT2D eigenvalue weighted by Crippen LogP contribution is 2.28. The number of nitrogens with one attached hydrogen (secondary N) is 1. The second-order valence-corrected chi connectivity index (χ2v) is 6.73. The van der Waals surface area contributed by atoms with E-state index in [2.05, 4.69) is 29.3 Å². The molecule has 3 nitrogen and oxygen atoms in total. The number of morpholine rings is 1. The lowest BCUT2D eigenvalue weighted by Gasteiger charge is -2.33. The number of thiophene rings is 1. The molecule has 1 aromatic rings. The fourth-order valence-electron chi connectivity index (χ4n) is 2.57. The molecular formula is C14H22N2OS. The van der Waals surface area contributed by atoms with E-state index >= 15 is 0 Å². The van der Waals surface area contributed by atoms with Crippen LogP contribution in [-0.4, -0.2) is 43.3 Å². The lowest BCUT2D eigenvalue weighted by molar-refractivity contribution is -0.0301. The van der Waals surface area contributed by atoms with E-state index in [1.807, 2.05) is 11.3 Å². The summed E-state index contributed by atoms with van der Waals surface area (Å²) in [7, 11) is 0. The first-order chi connectivity index (χ1) is 8.81. The number of ether oxygens (including phenoxy) is 1. The Balaban J connectivity index is 1.39. The van der Waals surface area contributed by atoms with Crippen LogP contribution in [0.25, 0.3) is 0 Å². The van der Waals surface area contributed by atoms with Gasteiger partial charge in [0.1, 0.15) is 0 Å². The third kappa shape index (κ3) is 3.32. The quantitative estimate of drug-likeness (QED) is 0.882. The monoisotopic (exact) mass is 266 g/mol. The van der Waals surface area contributed by atoms with Gasteiger partial charge in [-0.2, -0.15) is 0 Å². The van der Waals surface area contributed by atoms with E-state index in [1.54, 1.807) is 0 Å². The van der Waals surface area contributed by atoms with Crippen molar-refractivity contribution in [2.24, 2.45) is 0 Å². The zero-order valence-electron chi connectivity index (χ0n) is 11.0. The Hall–Kier alpha value is -0.420. The molecule has 4 heteroatoms. The molecule has 18 heavy (non-hydrogen) atoms. The van der Waals surface area contributed by atoms with Crippen molar-refractivity contribution in [3.63, 3.8) is 0 Å². The van der Waals surface area contributed by atoms with Gasteiger partial charge in [-0.05, 0) is 31.9 Å². The number of rotatable bonds is 5. The first-order valence-corrected chi connectivity index (χ1v) is 7.74. The molecule has 1 saturated heterocycles. The molecule has 100 valence electrons. The van der Waals surface area contributed by atoms with Gasteiger partial charge in [-0.15, -0.1) is 11.3 Å². The summed E-state index contributed by atoms with van der Waals surface area (Å²) in [6.45, 7) is 7.25. The van der Waals surface area contributed by atoms with E-state index in [0.29, 0.717) is 6.10 Å². The molecule has 1 aromatic heterocycles. The Morgan fingerprint density at radius 2 is 2.33 bits per heavy atom. The summed E-state index contributed by atoms with van der Waals surface area (Å²) in [5.74, 6) is 0. The Morgan fingerprint density at radius 3 is 3.06 bits per heavy atom. The normalized spacial score (nSPS) is 25.5.